The van der Waals surface area contributed by atoms with Crippen LogP contribution >= 0.6 is 31.9 Å². The van der Waals surface area contributed by atoms with Crippen LogP contribution in [0, 0.1) is 23.7 Å². The van der Waals surface area contributed by atoms with Gasteiger partial charge < -0.3 is 10.1 Å². The van der Waals surface area contributed by atoms with Crippen molar-refractivity contribution in [3.05, 3.63) is 26.6 Å². The normalized spacial score (nSPS) is 35.9. The molecular weight excluding hydrogens is 406 g/mol. The first-order chi connectivity index (χ1) is 10.6. The molecule has 4 bridgehead atoms. The lowest BCUT2D eigenvalue weighted by atomic mass is 9.54. The zero-order chi connectivity index (χ0) is 15.3. The largest absolute Gasteiger partial charge is 0.494 e. The van der Waals surface area contributed by atoms with Crippen LogP contribution in [0.5, 0.6) is 5.75 Å². The van der Waals surface area contributed by atoms with Gasteiger partial charge in [-0.3, -0.25) is 0 Å². The highest BCUT2D eigenvalue weighted by Crippen LogP contribution is 2.53. The van der Waals surface area contributed by atoms with E-state index >= 15 is 0 Å². The molecule has 1 aromatic carbocycles. The van der Waals surface area contributed by atoms with Crippen molar-refractivity contribution in [2.45, 2.75) is 44.7 Å². The van der Waals surface area contributed by atoms with Crippen molar-refractivity contribution in [3.8, 4) is 5.75 Å². The van der Waals surface area contributed by atoms with Gasteiger partial charge in [0.2, 0.25) is 0 Å². The number of methoxy groups -OCH3 is 1. The SMILES string of the molecule is COc1c(Br)cc(CNC2C3CC4CC(C3)CC2C4)cc1Br. The van der Waals surface area contributed by atoms with E-state index in [0.29, 0.717) is 0 Å². The van der Waals surface area contributed by atoms with E-state index in [9.17, 15) is 0 Å². The Morgan fingerprint density at radius 2 is 1.55 bits per heavy atom. The van der Waals surface area contributed by atoms with Crippen molar-refractivity contribution in [3.63, 3.8) is 0 Å². The number of ether oxygens (including phenoxy) is 1. The van der Waals surface area contributed by atoms with Crippen LogP contribution in [0.25, 0.3) is 0 Å². The smallest absolute Gasteiger partial charge is 0.147 e. The molecule has 4 fully saturated rings. The third-order valence-electron chi connectivity index (χ3n) is 6.03. The Morgan fingerprint density at radius 3 is 2.05 bits per heavy atom. The predicted molar refractivity (Wildman–Crippen MR) is 96.1 cm³/mol. The minimum atomic E-state index is 0.743. The van der Waals surface area contributed by atoms with Crippen LogP contribution in [-0.2, 0) is 6.54 Å². The molecule has 4 saturated carbocycles. The van der Waals surface area contributed by atoms with Crippen LogP contribution in [-0.4, -0.2) is 13.2 Å². The summed E-state index contributed by atoms with van der Waals surface area (Å²) in [5, 5.41) is 3.89. The zero-order valence-electron chi connectivity index (χ0n) is 12.9. The standard InChI is InChI=1S/C18H23Br2NO/c1-22-18-15(19)7-12(8-16(18)20)9-21-17-13-3-10-2-11(5-13)6-14(17)4-10/h7-8,10-11,13-14,17,21H,2-6,9H2,1H3. The van der Waals surface area contributed by atoms with E-state index in [2.05, 4.69) is 49.3 Å². The average molecular weight is 429 g/mol. The van der Waals surface area contributed by atoms with E-state index < -0.39 is 0 Å². The van der Waals surface area contributed by atoms with Gasteiger partial charge in [-0.25, -0.2) is 0 Å². The molecule has 0 unspecified atom stereocenters. The van der Waals surface area contributed by atoms with E-state index in [0.717, 1.165) is 51.0 Å². The fraction of sp³-hybridized carbons (Fsp3) is 0.667. The summed E-state index contributed by atoms with van der Waals surface area (Å²) in [5.74, 6) is 4.83. The van der Waals surface area contributed by atoms with Gasteiger partial charge in [0.25, 0.3) is 0 Å². The molecule has 4 heteroatoms. The summed E-state index contributed by atoms with van der Waals surface area (Å²) >= 11 is 7.21. The van der Waals surface area contributed by atoms with Gasteiger partial charge in [0, 0.05) is 12.6 Å². The molecule has 120 valence electrons. The van der Waals surface area contributed by atoms with Crippen molar-refractivity contribution in [1.82, 2.24) is 5.32 Å². The number of hydrogen-bond donors (Lipinski definition) is 1. The van der Waals surface area contributed by atoms with E-state index in [1.165, 1.54) is 37.7 Å². The molecule has 0 atom stereocenters. The molecule has 2 nitrogen and oxygen atoms in total. The molecule has 0 heterocycles. The molecule has 0 spiro atoms. The van der Waals surface area contributed by atoms with Gasteiger partial charge in [0.1, 0.15) is 5.75 Å². The number of nitrogens with one attached hydrogen (secondary N) is 1. The topological polar surface area (TPSA) is 21.3 Å². The lowest BCUT2D eigenvalue weighted by Crippen LogP contribution is -2.54. The highest BCUT2D eigenvalue weighted by molar-refractivity contribution is 9.11. The summed E-state index contributed by atoms with van der Waals surface area (Å²) in [5.41, 5.74) is 1.31. The van der Waals surface area contributed by atoms with Crippen molar-refractivity contribution < 1.29 is 4.74 Å². The van der Waals surface area contributed by atoms with Crippen LogP contribution < -0.4 is 10.1 Å². The Kier molecular flexibility index (Phi) is 4.29. The quantitative estimate of drug-likeness (QED) is 0.717. The lowest BCUT2D eigenvalue weighted by molar-refractivity contribution is -0.0142. The second-order valence-corrected chi connectivity index (χ2v) is 9.14. The molecule has 1 aromatic rings. The average Bonchev–Trinajstić information content (AvgIpc) is 2.45. The van der Waals surface area contributed by atoms with Crippen LogP contribution in [0.1, 0.15) is 37.7 Å². The Balaban J connectivity index is 1.45. The van der Waals surface area contributed by atoms with E-state index in [1.807, 2.05) is 0 Å². The van der Waals surface area contributed by atoms with E-state index in [-0.39, 0.29) is 0 Å². The first-order valence-electron chi connectivity index (χ1n) is 8.39. The van der Waals surface area contributed by atoms with Crippen molar-refractivity contribution in [1.29, 1.82) is 0 Å². The van der Waals surface area contributed by atoms with Gasteiger partial charge in [-0.15, -0.1) is 0 Å². The van der Waals surface area contributed by atoms with Gasteiger partial charge in [-0.2, -0.15) is 0 Å². The molecule has 4 aliphatic carbocycles. The summed E-state index contributed by atoms with van der Waals surface area (Å²) in [6.45, 7) is 0.953. The summed E-state index contributed by atoms with van der Waals surface area (Å²) in [7, 11) is 1.71. The Bertz CT molecular complexity index is 523. The predicted octanol–water partition coefficient (Wildman–Crippen LogP) is 5.13. The van der Waals surface area contributed by atoms with Crippen molar-refractivity contribution in [2.24, 2.45) is 23.7 Å². The minimum Gasteiger partial charge on any atom is -0.494 e. The molecular formula is C18H23Br2NO. The van der Waals surface area contributed by atoms with Gasteiger partial charge >= 0.3 is 0 Å². The summed E-state index contributed by atoms with van der Waals surface area (Å²) in [6.07, 6.45) is 7.42. The summed E-state index contributed by atoms with van der Waals surface area (Å²) in [6, 6.07) is 5.09. The molecule has 4 aliphatic rings. The zero-order valence-corrected chi connectivity index (χ0v) is 16.1. The van der Waals surface area contributed by atoms with Crippen molar-refractivity contribution in [2.75, 3.05) is 7.11 Å². The molecule has 0 saturated heterocycles. The molecule has 0 radical (unpaired) electrons. The third-order valence-corrected chi connectivity index (χ3v) is 7.21. The number of halogens is 2. The van der Waals surface area contributed by atoms with E-state index in [4.69, 9.17) is 4.74 Å². The van der Waals surface area contributed by atoms with Crippen LogP contribution in [0.2, 0.25) is 0 Å². The maximum atomic E-state index is 5.39. The fourth-order valence-electron chi connectivity index (χ4n) is 5.40. The second-order valence-electron chi connectivity index (χ2n) is 7.43. The number of hydrogen-bond acceptors (Lipinski definition) is 2. The Hall–Kier alpha value is -0.0600. The molecule has 0 amide bonds. The highest BCUT2D eigenvalue weighted by Gasteiger charge is 2.47. The summed E-state index contributed by atoms with van der Waals surface area (Å²) in [4.78, 5) is 0. The Labute approximate surface area is 149 Å². The maximum absolute atomic E-state index is 5.39. The highest BCUT2D eigenvalue weighted by atomic mass is 79.9. The lowest BCUT2D eigenvalue weighted by Gasteiger charge is -2.54. The molecule has 0 aliphatic heterocycles. The van der Waals surface area contributed by atoms with Gasteiger partial charge in [-0.05, 0) is 105 Å². The fourth-order valence-corrected chi connectivity index (χ4v) is 7.01. The molecule has 1 N–H and O–H groups in total. The van der Waals surface area contributed by atoms with Gasteiger partial charge in [-0.1, -0.05) is 0 Å². The van der Waals surface area contributed by atoms with Crippen molar-refractivity contribution >= 4 is 31.9 Å². The van der Waals surface area contributed by atoms with Gasteiger partial charge in [0.05, 0.1) is 16.1 Å². The van der Waals surface area contributed by atoms with Crippen LogP contribution in [0.15, 0.2) is 21.1 Å². The van der Waals surface area contributed by atoms with Crippen LogP contribution in [0.3, 0.4) is 0 Å². The first-order valence-corrected chi connectivity index (χ1v) is 9.98. The number of benzene rings is 1. The van der Waals surface area contributed by atoms with Crippen LogP contribution in [0.4, 0.5) is 0 Å². The molecule has 22 heavy (non-hydrogen) atoms. The second kappa shape index (κ2) is 6.10. The minimum absolute atomic E-state index is 0.743. The molecule has 5 rings (SSSR count). The number of rotatable bonds is 4. The monoisotopic (exact) mass is 427 g/mol. The van der Waals surface area contributed by atoms with E-state index in [1.54, 1.807) is 7.11 Å². The third kappa shape index (κ3) is 2.76. The maximum Gasteiger partial charge on any atom is 0.147 e. The summed E-state index contributed by atoms with van der Waals surface area (Å²) < 4.78 is 7.43. The van der Waals surface area contributed by atoms with Gasteiger partial charge in [0.15, 0.2) is 0 Å². The Morgan fingerprint density at radius 1 is 1.00 bits per heavy atom. The molecule has 0 aromatic heterocycles. The first kappa shape index (κ1) is 15.5.